The summed E-state index contributed by atoms with van der Waals surface area (Å²) in [6.07, 6.45) is 0. The molecule has 1 aromatic rings. The third kappa shape index (κ3) is 4.74. The highest BCUT2D eigenvalue weighted by Crippen LogP contribution is 2.08. The van der Waals surface area contributed by atoms with Crippen LogP contribution in [0.15, 0.2) is 4.79 Å². The Balaban J connectivity index is 0.00000256. The monoisotopic (exact) mass is 307 g/mol. The van der Waals surface area contributed by atoms with Gasteiger partial charge in [-0.25, -0.2) is 9.59 Å². The Kier molecular flexibility index (Phi) is 5.63. The van der Waals surface area contributed by atoms with Crippen molar-refractivity contribution in [3.63, 3.8) is 0 Å². The molecule has 0 unspecified atom stereocenters. The summed E-state index contributed by atoms with van der Waals surface area (Å²) >= 11 is 0. The molecule has 0 amide bonds. The lowest BCUT2D eigenvalue weighted by atomic mass is 10.3. The first-order valence-corrected chi connectivity index (χ1v) is 5.12. The largest absolute Gasteiger partial charge is 1.00 e. The summed E-state index contributed by atoms with van der Waals surface area (Å²) in [6, 6.07) is 0. The van der Waals surface area contributed by atoms with E-state index in [4.69, 9.17) is 4.74 Å². The first-order chi connectivity index (χ1) is 7.33. The van der Waals surface area contributed by atoms with Gasteiger partial charge in [-0.1, -0.05) is 0 Å². The van der Waals surface area contributed by atoms with Gasteiger partial charge in [0.25, 0.3) is 0 Å². The zero-order chi connectivity index (χ0) is 12.3. The number of aromatic amines is 2. The molecular formula is C10H18BrN3O3. The maximum Gasteiger partial charge on any atom is 0.356 e. The van der Waals surface area contributed by atoms with Crippen LogP contribution in [0.2, 0.25) is 0 Å². The van der Waals surface area contributed by atoms with Crippen LogP contribution in [0.5, 0.6) is 0 Å². The number of halogens is 1. The fourth-order valence-corrected chi connectivity index (χ4v) is 1.39. The third-order valence-electron chi connectivity index (χ3n) is 1.92. The van der Waals surface area contributed by atoms with E-state index in [1.165, 1.54) is 0 Å². The topological polar surface area (TPSA) is 75.0 Å². The smallest absolute Gasteiger partial charge is 0.356 e. The number of carbonyl (C=O) groups excluding carboxylic acids is 1. The molecule has 2 N–H and O–H groups in total. The average molecular weight is 308 g/mol. The van der Waals surface area contributed by atoms with Gasteiger partial charge in [0.2, 0.25) is 0 Å². The molecule has 1 aromatic heterocycles. The predicted octanol–water partition coefficient (Wildman–Crippen LogP) is -2.91. The first-order valence-electron chi connectivity index (χ1n) is 5.12. The Labute approximate surface area is 110 Å². The Morgan fingerprint density at radius 1 is 1.29 bits per heavy atom. The van der Waals surface area contributed by atoms with Crippen LogP contribution in [0.4, 0.5) is 0 Å². The number of H-pyrrole nitrogens is 2. The van der Waals surface area contributed by atoms with E-state index in [2.05, 4.69) is 9.97 Å². The molecule has 0 saturated carbocycles. The van der Waals surface area contributed by atoms with Gasteiger partial charge in [-0.3, -0.25) is 4.98 Å². The Morgan fingerprint density at radius 2 is 1.88 bits per heavy atom. The predicted molar refractivity (Wildman–Crippen MR) is 59.1 cm³/mol. The van der Waals surface area contributed by atoms with E-state index >= 15 is 0 Å². The number of hydrogen-bond acceptors (Lipinski definition) is 3. The number of aromatic nitrogens is 2. The van der Waals surface area contributed by atoms with Crippen molar-refractivity contribution in [2.75, 3.05) is 27.7 Å². The van der Waals surface area contributed by atoms with E-state index in [-0.39, 0.29) is 35.0 Å². The zero-order valence-electron chi connectivity index (χ0n) is 10.5. The quantitative estimate of drug-likeness (QED) is 0.463. The molecule has 0 bridgehead atoms. The van der Waals surface area contributed by atoms with Crippen LogP contribution in [0.1, 0.15) is 23.1 Å². The Hall–Kier alpha value is -1.08. The summed E-state index contributed by atoms with van der Waals surface area (Å²) in [4.78, 5) is 27.8. The van der Waals surface area contributed by atoms with Gasteiger partial charge in [-0.15, -0.1) is 0 Å². The van der Waals surface area contributed by atoms with Gasteiger partial charge in [0.15, 0.2) is 5.69 Å². The highest BCUT2D eigenvalue weighted by Gasteiger charge is 2.21. The average Bonchev–Trinajstić information content (AvgIpc) is 2.44. The maximum atomic E-state index is 11.5. The van der Waals surface area contributed by atoms with Crippen molar-refractivity contribution in [2.24, 2.45) is 0 Å². The van der Waals surface area contributed by atoms with Crippen molar-refractivity contribution in [3.05, 3.63) is 21.9 Å². The van der Waals surface area contributed by atoms with E-state index < -0.39 is 5.97 Å². The van der Waals surface area contributed by atoms with Crippen LogP contribution in [-0.2, 0) is 11.3 Å². The second-order valence-electron chi connectivity index (χ2n) is 4.60. The molecule has 0 radical (unpaired) electrons. The Morgan fingerprint density at radius 3 is 2.35 bits per heavy atom. The second kappa shape index (κ2) is 6.02. The van der Waals surface area contributed by atoms with Crippen LogP contribution in [0.25, 0.3) is 0 Å². The van der Waals surface area contributed by atoms with Crippen LogP contribution < -0.4 is 22.7 Å². The number of nitrogens with one attached hydrogen (secondary N) is 2. The van der Waals surface area contributed by atoms with E-state index in [0.29, 0.717) is 16.7 Å². The molecular weight excluding hydrogens is 290 g/mol. The Bertz CT molecular complexity index is 431. The van der Waals surface area contributed by atoms with Crippen molar-refractivity contribution >= 4 is 5.97 Å². The molecule has 98 valence electrons. The molecule has 0 saturated heterocycles. The molecule has 1 rings (SSSR count). The van der Waals surface area contributed by atoms with Crippen LogP contribution >= 0.6 is 0 Å². The molecule has 0 atom stereocenters. The normalized spacial score (nSPS) is 10.8. The minimum atomic E-state index is -0.496. The lowest BCUT2D eigenvalue weighted by molar-refractivity contribution is -0.884. The van der Waals surface area contributed by atoms with Gasteiger partial charge < -0.3 is 31.2 Å². The molecule has 0 aliphatic carbocycles. The number of nitrogens with zero attached hydrogens (tertiary/aromatic N) is 1. The second-order valence-corrected chi connectivity index (χ2v) is 4.60. The summed E-state index contributed by atoms with van der Waals surface area (Å²) < 4.78 is 5.47. The molecule has 0 aromatic carbocycles. The van der Waals surface area contributed by atoms with Gasteiger partial charge >= 0.3 is 11.7 Å². The van der Waals surface area contributed by atoms with Crippen molar-refractivity contribution < 1.29 is 31.0 Å². The number of carbonyl (C=O) groups is 1. The highest BCUT2D eigenvalue weighted by atomic mass is 79.9. The van der Waals surface area contributed by atoms with E-state index in [9.17, 15) is 9.59 Å². The molecule has 6 nitrogen and oxygen atoms in total. The van der Waals surface area contributed by atoms with Crippen molar-refractivity contribution in [3.8, 4) is 0 Å². The summed E-state index contributed by atoms with van der Waals surface area (Å²) in [5.74, 6) is -0.496. The van der Waals surface area contributed by atoms with E-state index in [0.717, 1.165) is 0 Å². The number of esters is 1. The van der Waals surface area contributed by atoms with Crippen molar-refractivity contribution in [1.29, 1.82) is 0 Å². The van der Waals surface area contributed by atoms with Crippen LogP contribution in [-0.4, -0.2) is 48.2 Å². The third-order valence-corrected chi connectivity index (χ3v) is 1.92. The van der Waals surface area contributed by atoms with Gasteiger partial charge in [-0.2, -0.15) is 0 Å². The standard InChI is InChI=1S/C10H17N3O3.BrH/c1-5-16-9(14)8-7(6-13(2,3)4)11-10(15)12-8;/h5-6H2,1-4H3,(H-,11,12,14,15);1H. The number of quaternary nitrogens is 1. The van der Waals surface area contributed by atoms with Gasteiger partial charge in [-0.05, 0) is 6.92 Å². The molecule has 7 heteroatoms. The SMILES string of the molecule is CCOC(=O)c1[nH]c(=O)[nH]c1C[N+](C)(C)C.[Br-]. The van der Waals surface area contributed by atoms with Crippen LogP contribution in [0.3, 0.4) is 0 Å². The number of ether oxygens (including phenoxy) is 1. The first kappa shape index (κ1) is 15.9. The number of hydrogen-bond donors (Lipinski definition) is 2. The fraction of sp³-hybridized carbons (Fsp3) is 0.600. The number of rotatable bonds is 4. The minimum Gasteiger partial charge on any atom is -1.00 e. The van der Waals surface area contributed by atoms with Crippen molar-refractivity contribution in [1.82, 2.24) is 9.97 Å². The highest BCUT2D eigenvalue weighted by molar-refractivity contribution is 5.88. The molecule has 0 aliphatic heterocycles. The van der Waals surface area contributed by atoms with Gasteiger partial charge in [0.05, 0.1) is 27.7 Å². The minimum absolute atomic E-state index is 0. The molecule has 0 spiro atoms. The summed E-state index contributed by atoms with van der Waals surface area (Å²) in [6.45, 7) is 2.56. The van der Waals surface area contributed by atoms with Crippen LogP contribution in [0, 0.1) is 0 Å². The van der Waals surface area contributed by atoms with Gasteiger partial charge in [0.1, 0.15) is 12.2 Å². The molecule has 1 heterocycles. The molecule has 0 aliphatic rings. The zero-order valence-corrected chi connectivity index (χ0v) is 12.1. The maximum absolute atomic E-state index is 11.5. The molecule has 0 fully saturated rings. The van der Waals surface area contributed by atoms with Gasteiger partial charge in [0, 0.05) is 0 Å². The summed E-state index contributed by atoms with van der Waals surface area (Å²) in [7, 11) is 5.92. The number of imidazole rings is 1. The molecule has 17 heavy (non-hydrogen) atoms. The lowest BCUT2D eigenvalue weighted by Gasteiger charge is -2.23. The fourth-order valence-electron chi connectivity index (χ4n) is 1.39. The lowest BCUT2D eigenvalue weighted by Crippen LogP contribution is -3.00. The van der Waals surface area contributed by atoms with E-state index in [1.54, 1.807) is 6.92 Å². The summed E-state index contributed by atoms with van der Waals surface area (Å²) in [5.41, 5.74) is 0.419. The summed E-state index contributed by atoms with van der Waals surface area (Å²) in [5, 5.41) is 0. The van der Waals surface area contributed by atoms with E-state index in [1.807, 2.05) is 21.1 Å². The van der Waals surface area contributed by atoms with Crippen molar-refractivity contribution in [2.45, 2.75) is 13.5 Å².